The maximum absolute atomic E-state index is 5.73. The van der Waals surface area contributed by atoms with E-state index in [4.69, 9.17) is 4.74 Å². The summed E-state index contributed by atoms with van der Waals surface area (Å²) >= 11 is 0. The number of hydrogen-bond acceptors (Lipinski definition) is 3. The molecule has 1 rings (SSSR count). The molecule has 3 nitrogen and oxygen atoms in total. The fourth-order valence-corrected chi connectivity index (χ4v) is 1.90. The summed E-state index contributed by atoms with van der Waals surface area (Å²) in [5.74, 6) is 1.34. The summed E-state index contributed by atoms with van der Waals surface area (Å²) in [5.41, 5.74) is 2.29. The van der Waals surface area contributed by atoms with Crippen molar-refractivity contribution < 1.29 is 4.74 Å². The lowest BCUT2D eigenvalue weighted by atomic mass is 10.1. The van der Waals surface area contributed by atoms with Crippen molar-refractivity contribution in [3.8, 4) is 5.88 Å². The molecule has 0 aliphatic carbocycles. The normalized spacial score (nSPS) is 12.4. The fraction of sp³-hybridized carbons (Fsp3) is 0.667. The Balaban J connectivity index is 2.50. The number of nitrogens with zero attached hydrogens (tertiary/aromatic N) is 1. The quantitative estimate of drug-likeness (QED) is 0.768. The van der Waals surface area contributed by atoms with Crippen LogP contribution < -0.4 is 10.1 Å². The molecule has 3 heteroatoms. The van der Waals surface area contributed by atoms with E-state index in [0.29, 0.717) is 5.92 Å². The van der Waals surface area contributed by atoms with E-state index < -0.39 is 0 Å². The Labute approximate surface area is 111 Å². The monoisotopic (exact) mass is 250 g/mol. The zero-order valence-electron chi connectivity index (χ0n) is 12.1. The highest BCUT2D eigenvalue weighted by Crippen LogP contribution is 2.14. The van der Waals surface area contributed by atoms with Gasteiger partial charge in [0.15, 0.2) is 0 Å². The molecule has 0 radical (unpaired) electrons. The van der Waals surface area contributed by atoms with Crippen molar-refractivity contribution in [2.45, 2.75) is 47.1 Å². The summed E-state index contributed by atoms with van der Waals surface area (Å²) in [7, 11) is 0. The predicted octanol–water partition coefficient (Wildman–Crippen LogP) is 3.31. The second-order valence-corrected chi connectivity index (χ2v) is 4.88. The van der Waals surface area contributed by atoms with Crippen molar-refractivity contribution in [1.82, 2.24) is 10.3 Å². The first-order chi connectivity index (χ1) is 8.67. The average Bonchev–Trinajstić information content (AvgIpc) is 2.35. The Bertz CT molecular complexity index is 352. The van der Waals surface area contributed by atoms with Crippen molar-refractivity contribution in [3.63, 3.8) is 0 Å². The third kappa shape index (κ3) is 5.05. The highest BCUT2D eigenvalue weighted by Gasteiger charge is 2.05. The van der Waals surface area contributed by atoms with Crippen LogP contribution in [-0.2, 0) is 6.54 Å². The van der Waals surface area contributed by atoms with Crippen LogP contribution in [0.25, 0.3) is 0 Å². The van der Waals surface area contributed by atoms with Gasteiger partial charge in [-0.3, -0.25) is 0 Å². The molecule has 0 aliphatic heterocycles. The Hall–Kier alpha value is -1.09. The number of rotatable bonds is 8. The number of ether oxygens (including phenoxy) is 1. The summed E-state index contributed by atoms with van der Waals surface area (Å²) in [6, 6.07) is 4.07. The molecule has 0 saturated heterocycles. The molecule has 1 aromatic heterocycles. The molecule has 0 spiro atoms. The van der Waals surface area contributed by atoms with E-state index in [2.05, 4.69) is 37.1 Å². The number of aryl methyl sites for hydroxylation is 1. The molecule has 1 heterocycles. The van der Waals surface area contributed by atoms with Gasteiger partial charge in [0.05, 0.1) is 6.61 Å². The van der Waals surface area contributed by atoms with E-state index in [1.165, 1.54) is 18.4 Å². The van der Waals surface area contributed by atoms with Gasteiger partial charge in [-0.25, -0.2) is 4.98 Å². The van der Waals surface area contributed by atoms with Crippen LogP contribution in [0, 0.1) is 12.8 Å². The highest BCUT2D eigenvalue weighted by atomic mass is 16.5. The zero-order valence-corrected chi connectivity index (χ0v) is 12.1. The van der Waals surface area contributed by atoms with Gasteiger partial charge in [-0.2, -0.15) is 0 Å². The molecule has 0 aromatic carbocycles. The van der Waals surface area contributed by atoms with Gasteiger partial charge in [0, 0.05) is 18.3 Å². The fourth-order valence-electron chi connectivity index (χ4n) is 1.90. The Morgan fingerprint density at radius 1 is 1.33 bits per heavy atom. The molecule has 102 valence electrons. The minimum Gasteiger partial charge on any atom is -0.477 e. The van der Waals surface area contributed by atoms with Crippen LogP contribution in [0.1, 0.15) is 44.9 Å². The van der Waals surface area contributed by atoms with Crippen molar-refractivity contribution in [2.24, 2.45) is 5.92 Å². The van der Waals surface area contributed by atoms with Gasteiger partial charge in [-0.15, -0.1) is 0 Å². The van der Waals surface area contributed by atoms with Gasteiger partial charge < -0.3 is 10.1 Å². The lowest BCUT2D eigenvalue weighted by molar-refractivity contribution is 0.242. The summed E-state index contributed by atoms with van der Waals surface area (Å²) in [6.45, 7) is 11.2. The standard InChI is InChI=1S/C15H26N2O/c1-5-7-12(3)11-18-15-9-8-14(10-16-6-2)13(4)17-15/h8-9,12,16H,5-7,10-11H2,1-4H3. The highest BCUT2D eigenvalue weighted by molar-refractivity contribution is 5.24. The Kier molecular flexibility index (Phi) is 6.73. The molecule has 1 atom stereocenters. The Morgan fingerprint density at radius 2 is 2.11 bits per heavy atom. The molecular weight excluding hydrogens is 224 g/mol. The van der Waals surface area contributed by atoms with E-state index in [-0.39, 0.29) is 0 Å². The van der Waals surface area contributed by atoms with Crippen LogP contribution in [-0.4, -0.2) is 18.1 Å². The molecule has 0 fully saturated rings. The molecule has 0 amide bonds. The van der Waals surface area contributed by atoms with Gasteiger partial charge in [-0.05, 0) is 31.4 Å². The lowest BCUT2D eigenvalue weighted by Crippen LogP contribution is -2.14. The summed E-state index contributed by atoms with van der Waals surface area (Å²) in [6.07, 6.45) is 2.41. The molecule has 18 heavy (non-hydrogen) atoms. The summed E-state index contributed by atoms with van der Waals surface area (Å²) in [5, 5.41) is 3.31. The smallest absolute Gasteiger partial charge is 0.213 e. The van der Waals surface area contributed by atoms with Crippen LogP contribution in [0.2, 0.25) is 0 Å². The second kappa shape index (κ2) is 8.09. The van der Waals surface area contributed by atoms with Crippen molar-refractivity contribution >= 4 is 0 Å². The van der Waals surface area contributed by atoms with E-state index >= 15 is 0 Å². The van der Waals surface area contributed by atoms with Gasteiger partial charge >= 0.3 is 0 Å². The molecule has 0 saturated carbocycles. The first-order valence-corrected chi connectivity index (χ1v) is 6.97. The third-order valence-corrected chi connectivity index (χ3v) is 3.03. The third-order valence-electron chi connectivity index (χ3n) is 3.03. The maximum atomic E-state index is 5.73. The van der Waals surface area contributed by atoms with Crippen LogP contribution in [0.4, 0.5) is 0 Å². The second-order valence-electron chi connectivity index (χ2n) is 4.88. The largest absolute Gasteiger partial charge is 0.477 e. The topological polar surface area (TPSA) is 34.1 Å². The minimum atomic E-state index is 0.596. The van der Waals surface area contributed by atoms with Gasteiger partial charge in [0.2, 0.25) is 5.88 Å². The van der Waals surface area contributed by atoms with E-state index in [1.807, 2.05) is 13.0 Å². The minimum absolute atomic E-state index is 0.596. The first-order valence-electron chi connectivity index (χ1n) is 6.97. The van der Waals surface area contributed by atoms with E-state index in [1.54, 1.807) is 0 Å². The molecule has 1 aromatic rings. The van der Waals surface area contributed by atoms with Crippen LogP contribution in [0.3, 0.4) is 0 Å². The van der Waals surface area contributed by atoms with Crippen LogP contribution in [0.5, 0.6) is 5.88 Å². The molecular formula is C15H26N2O. The van der Waals surface area contributed by atoms with Crippen LogP contribution >= 0.6 is 0 Å². The number of pyridine rings is 1. The molecule has 1 N–H and O–H groups in total. The van der Waals surface area contributed by atoms with Gasteiger partial charge in [0.25, 0.3) is 0 Å². The first kappa shape index (κ1) is 15.0. The Morgan fingerprint density at radius 3 is 2.72 bits per heavy atom. The number of nitrogens with one attached hydrogen (secondary N) is 1. The maximum Gasteiger partial charge on any atom is 0.213 e. The van der Waals surface area contributed by atoms with Gasteiger partial charge in [0.1, 0.15) is 0 Å². The summed E-state index contributed by atoms with van der Waals surface area (Å²) < 4.78 is 5.73. The zero-order chi connectivity index (χ0) is 13.4. The lowest BCUT2D eigenvalue weighted by Gasteiger charge is -2.13. The molecule has 0 aliphatic rings. The predicted molar refractivity (Wildman–Crippen MR) is 75.9 cm³/mol. The van der Waals surface area contributed by atoms with Crippen molar-refractivity contribution in [2.75, 3.05) is 13.2 Å². The van der Waals surface area contributed by atoms with E-state index in [9.17, 15) is 0 Å². The number of aromatic nitrogens is 1. The molecule has 1 unspecified atom stereocenters. The SMILES string of the molecule is CCCC(C)COc1ccc(CNCC)c(C)n1. The van der Waals surface area contributed by atoms with Gasteiger partial charge in [-0.1, -0.05) is 33.3 Å². The summed E-state index contributed by atoms with van der Waals surface area (Å²) in [4.78, 5) is 4.50. The number of hydrogen-bond donors (Lipinski definition) is 1. The van der Waals surface area contributed by atoms with Crippen molar-refractivity contribution in [3.05, 3.63) is 23.4 Å². The average molecular weight is 250 g/mol. The van der Waals surface area contributed by atoms with E-state index in [0.717, 1.165) is 31.3 Å². The van der Waals surface area contributed by atoms with Crippen molar-refractivity contribution in [1.29, 1.82) is 0 Å². The van der Waals surface area contributed by atoms with Crippen LogP contribution in [0.15, 0.2) is 12.1 Å². The molecule has 0 bridgehead atoms.